The number of carbonyl (C=O) groups is 1. The average Bonchev–Trinajstić information content (AvgIpc) is 3.12. The molecule has 0 saturated heterocycles. The van der Waals surface area contributed by atoms with Crippen molar-refractivity contribution in [2.24, 2.45) is 0 Å². The summed E-state index contributed by atoms with van der Waals surface area (Å²) in [5, 5.41) is 25.2. The molecule has 0 saturated carbocycles. The van der Waals surface area contributed by atoms with Crippen molar-refractivity contribution in [2.45, 2.75) is 6.10 Å². The summed E-state index contributed by atoms with van der Waals surface area (Å²) in [5.41, 5.74) is 0. The van der Waals surface area contributed by atoms with Crippen molar-refractivity contribution >= 4 is 17.3 Å². The van der Waals surface area contributed by atoms with Crippen LogP contribution in [0.5, 0.6) is 17.2 Å². The Kier molecular flexibility index (Phi) is 8.03. The number of hydrogen-bond donors (Lipinski definition) is 3. The molecule has 0 aliphatic rings. The first kappa shape index (κ1) is 19.0. The molecule has 0 unspecified atom stereocenters. The van der Waals surface area contributed by atoms with Crippen LogP contribution in [0.3, 0.4) is 0 Å². The molecule has 25 heavy (non-hydrogen) atoms. The van der Waals surface area contributed by atoms with E-state index in [1.165, 1.54) is 0 Å². The molecule has 0 aliphatic heterocycles. The van der Waals surface area contributed by atoms with Gasteiger partial charge in [-0.25, -0.2) is 4.79 Å². The highest BCUT2D eigenvalue weighted by atomic mass is 32.1. The van der Waals surface area contributed by atoms with Crippen molar-refractivity contribution in [1.82, 2.24) is 5.32 Å². The number of carboxylic acids is 1. The summed E-state index contributed by atoms with van der Waals surface area (Å²) < 4.78 is 16.0. The van der Waals surface area contributed by atoms with Gasteiger partial charge in [-0.3, -0.25) is 0 Å². The van der Waals surface area contributed by atoms with Crippen molar-refractivity contribution < 1.29 is 29.2 Å². The summed E-state index contributed by atoms with van der Waals surface area (Å²) in [6.45, 7) is 1.29. The van der Waals surface area contributed by atoms with Crippen LogP contribution in [0.1, 0.15) is 0 Å². The van der Waals surface area contributed by atoms with Crippen LogP contribution >= 0.6 is 11.3 Å². The second kappa shape index (κ2) is 10.5. The van der Waals surface area contributed by atoms with Crippen LogP contribution in [-0.4, -0.2) is 55.2 Å². The van der Waals surface area contributed by atoms with Crippen molar-refractivity contribution in [2.75, 3.05) is 32.9 Å². The van der Waals surface area contributed by atoms with Crippen LogP contribution in [0.15, 0.2) is 41.1 Å². The molecule has 136 valence electrons. The van der Waals surface area contributed by atoms with E-state index in [4.69, 9.17) is 19.3 Å². The lowest BCUT2D eigenvalue weighted by atomic mass is 10.3. The highest BCUT2D eigenvalue weighted by molar-refractivity contribution is 7.08. The lowest BCUT2D eigenvalue weighted by Gasteiger charge is -2.13. The first-order valence-corrected chi connectivity index (χ1v) is 8.69. The molecule has 7 nitrogen and oxygen atoms in total. The average molecular weight is 367 g/mol. The lowest BCUT2D eigenvalue weighted by Crippen LogP contribution is -2.33. The summed E-state index contributed by atoms with van der Waals surface area (Å²) in [5.74, 6) is 0.880. The second-order valence-corrected chi connectivity index (χ2v) is 5.91. The van der Waals surface area contributed by atoms with Gasteiger partial charge in [-0.05, 0) is 35.7 Å². The van der Waals surface area contributed by atoms with Gasteiger partial charge in [0.1, 0.15) is 36.6 Å². The molecule has 1 aromatic carbocycles. The van der Waals surface area contributed by atoms with E-state index in [1.807, 2.05) is 16.8 Å². The van der Waals surface area contributed by atoms with Gasteiger partial charge >= 0.3 is 5.97 Å². The predicted octanol–water partition coefficient (Wildman–Crippen LogP) is 1.62. The Morgan fingerprint density at radius 3 is 2.44 bits per heavy atom. The summed E-state index contributed by atoms with van der Waals surface area (Å²) in [6, 6.07) is 8.58. The van der Waals surface area contributed by atoms with Gasteiger partial charge in [0.25, 0.3) is 0 Å². The summed E-state index contributed by atoms with van der Waals surface area (Å²) >= 11 is 1.55. The highest BCUT2D eigenvalue weighted by Gasteiger charge is 2.05. The molecule has 2 aromatic rings. The molecule has 1 atom stereocenters. The molecule has 1 aromatic heterocycles. The molecule has 0 fully saturated rings. The zero-order valence-electron chi connectivity index (χ0n) is 13.6. The largest absolute Gasteiger partial charge is 0.492 e. The lowest BCUT2D eigenvalue weighted by molar-refractivity contribution is -0.139. The highest BCUT2D eigenvalue weighted by Crippen LogP contribution is 2.17. The van der Waals surface area contributed by atoms with E-state index >= 15 is 0 Å². The third-order valence-corrected chi connectivity index (χ3v) is 3.71. The minimum atomic E-state index is -1.02. The predicted molar refractivity (Wildman–Crippen MR) is 93.8 cm³/mol. The number of benzene rings is 1. The Balaban J connectivity index is 1.54. The second-order valence-electron chi connectivity index (χ2n) is 5.13. The number of carboxylic acid groups (broad SMARTS) is 1. The molecule has 2 rings (SSSR count). The van der Waals surface area contributed by atoms with Gasteiger partial charge in [-0.2, -0.15) is 0 Å². The van der Waals surface area contributed by atoms with E-state index in [-0.39, 0.29) is 13.2 Å². The third kappa shape index (κ3) is 7.88. The number of thiophene rings is 1. The SMILES string of the molecule is O=C(O)COc1ccc(OCCNC[C@H](O)COc2ccsc2)cc1. The summed E-state index contributed by atoms with van der Waals surface area (Å²) in [4.78, 5) is 10.4. The maximum Gasteiger partial charge on any atom is 0.341 e. The fourth-order valence-electron chi connectivity index (χ4n) is 1.87. The Bertz CT molecular complexity index is 617. The Morgan fingerprint density at radius 2 is 1.80 bits per heavy atom. The van der Waals surface area contributed by atoms with Gasteiger partial charge in [0, 0.05) is 18.5 Å². The smallest absolute Gasteiger partial charge is 0.341 e. The maximum absolute atomic E-state index is 10.4. The molecule has 0 radical (unpaired) electrons. The number of ether oxygens (including phenoxy) is 3. The topological polar surface area (TPSA) is 97.3 Å². The van der Waals surface area contributed by atoms with Crippen LogP contribution in [0.25, 0.3) is 0 Å². The standard InChI is InChI=1S/C17H21NO6S/c19-13(10-23-16-5-8-25-12-16)9-18-6-7-22-14-1-3-15(4-2-14)24-11-17(20)21/h1-5,8,12-13,18-19H,6-7,9-11H2,(H,20,21)/t13-/m0/s1. The van der Waals surface area contributed by atoms with Gasteiger partial charge in [-0.15, -0.1) is 11.3 Å². The number of aliphatic carboxylic acids is 1. The van der Waals surface area contributed by atoms with Gasteiger partial charge < -0.3 is 29.7 Å². The zero-order valence-corrected chi connectivity index (χ0v) is 14.4. The molecular weight excluding hydrogens is 346 g/mol. The van der Waals surface area contributed by atoms with E-state index in [0.717, 1.165) is 5.75 Å². The normalized spacial score (nSPS) is 11.7. The molecule has 0 spiro atoms. The van der Waals surface area contributed by atoms with Crippen LogP contribution in [0, 0.1) is 0 Å². The quantitative estimate of drug-likeness (QED) is 0.491. The van der Waals surface area contributed by atoms with Crippen LogP contribution < -0.4 is 19.5 Å². The maximum atomic E-state index is 10.4. The third-order valence-electron chi connectivity index (χ3n) is 3.05. The fraction of sp³-hybridized carbons (Fsp3) is 0.353. The van der Waals surface area contributed by atoms with Gasteiger partial charge in [-0.1, -0.05) is 0 Å². The Morgan fingerprint density at radius 1 is 1.08 bits per heavy atom. The zero-order chi connectivity index (χ0) is 17.9. The molecule has 3 N–H and O–H groups in total. The van der Waals surface area contributed by atoms with E-state index in [9.17, 15) is 9.90 Å². The molecule has 8 heteroatoms. The van der Waals surface area contributed by atoms with Crippen LogP contribution in [0.2, 0.25) is 0 Å². The number of aliphatic hydroxyl groups is 1. The van der Waals surface area contributed by atoms with Crippen molar-refractivity contribution in [3.63, 3.8) is 0 Å². The number of rotatable bonds is 12. The molecule has 0 bridgehead atoms. The van der Waals surface area contributed by atoms with Crippen molar-refractivity contribution in [3.8, 4) is 17.2 Å². The molecular formula is C17H21NO6S. The first-order chi connectivity index (χ1) is 12.1. The molecule has 1 heterocycles. The van der Waals surface area contributed by atoms with Gasteiger partial charge in [0.15, 0.2) is 6.61 Å². The van der Waals surface area contributed by atoms with Gasteiger partial charge in [0.05, 0.1) is 0 Å². The van der Waals surface area contributed by atoms with E-state index < -0.39 is 12.1 Å². The minimum Gasteiger partial charge on any atom is -0.492 e. The van der Waals surface area contributed by atoms with Crippen molar-refractivity contribution in [1.29, 1.82) is 0 Å². The van der Waals surface area contributed by atoms with Gasteiger partial charge in [0.2, 0.25) is 0 Å². The van der Waals surface area contributed by atoms with E-state index in [0.29, 0.717) is 31.2 Å². The summed E-state index contributed by atoms with van der Waals surface area (Å²) in [7, 11) is 0. The van der Waals surface area contributed by atoms with Crippen LogP contribution in [-0.2, 0) is 4.79 Å². The van der Waals surface area contributed by atoms with Crippen LogP contribution in [0.4, 0.5) is 0 Å². The number of aliphatic hydroxyl groups excluding tert-OH is 1. The molecule has 0 aliphatic carbocycles. The monoisotopic (exact) mass is 367 g/mol. The molecule has 0 amide bonds. The Hall–Kier alpha value is -2.29. The first-order valence-electron chi connectivity index (χ1n) is 7.74. The Labute approximate surface area is 149 Å². The van der Waals surface area contributed by atoms with E-state index in [1.54, 1.807) is 35.6 Å². The minimum absolute atomic E-state index is 0.238. The summed E-state index contributed by atoms with van der Waals surface area (Å²) in [6.07, 6.45) is -0.592. The number of hydrogen-bond acceptors (Lipinski definition) is 7. The fourth-order valence-corrected chi connectivity index (χ4v) is 2.44. The number of nitrogens with one attached hydrogen (secondary N) is 1. The van der Waals surface area contributed by atoms with Crippen molar-refractivity contribution in [3.05, 3.63) is 41.1 Å². The van der Waals surface area contributed by atoms with E-state index in [2.05, 4.69) is 5.32 Å².